The van der Waals surface area contributed by atoms with Crippen molar-refractivity contribution in [3.8, 4) is 0 Å². The normalized spacial score (nSPS) is 11.9. The molecule has 0 radical (unpaired) electrons. The van der Waals surface area contributed by atoms with Crippen molar-refractivity contribution in [2.45, 2.75) is 27.2 Å². The van der Waals surface area contributed by atoms with Gasteiger partial charge >= 0.3 is 0 Å². The Hall–Kier alpha value is -2.68. The summed E-state index contributed by atoms with van der Waals surface area (Å²) >= 11 is 0. The third-order valence-electron chi connectivity index (χ3n) is 4.04. The smallest absolute Gasteiger partial charge is 0.270 e. The quantitative estimate of drug-likeness (QED) is 0.788. The molecule has 116 valence electrons. The lowest BCUT2D eigenvalue weighted by atomic mass is 10.1. The minimum Gasteiger partial charge on any atom is -0.319 e. The standard InChI is InChI=1S/C20H20N2O/c1-13(9-16-7-5-4-6-8-16)10-19-20(23)22-18-12-15(3)14(2)11-17(18)21-19/h4-9,11-12H,10H2,1-3H3,(H,22,23)/b13-9+. The minimum atomic E-state index is -0.110. The van der Waals surface area contributed by atoms with E-state index in [1.807, 2.05) is 56.3 Å². The lowest BCUT2D eigenvalue weighted by Crippen LogP contribution is -2.15. The van der Waals surface area contributed by atoms with E-state index in [1.54, 1.807) is 0 Å². The van der Waals surface area contributed by atoms with E-state index in [2.05, 4.69) is 23.0 Å². The number of hydrogen-bond acceptors (Lipinski definition) is 2. The van der Waals surface area contributed by atoms with Crippen LogP contribution in [0.15, 0.2) is 52.8 Å². The fourth-order valence-corrected chi connectivity index (χ4v) is 2.65. The second-order valence-corrected chi connectivity index (χ2v) is 6.04. The Balaban J connectivity index is 1.97. The third kappa shape index (κ3) is 3.39. The van der Waals surface area contributed by atoms with Crippen molar-refractivity contribution in [1.29, 1.82) is 0 Å². The number of hydrogen-bond donors (Lipinski definition) is 1. The van der Waals surface area contributed by atoms with Crippen molar-refractivity contribution in [3.63, 3.8) is 0 Å². The number of aromatic amines is 1. The number of allylic oxidation sites excluding steroid dienone is 1. The molecule has 3 nitrogen and oxygen atoms in total. The van der Waals surface area contributed by atoms with Crippen LogP contribution in [-0.4, -0.2) is 9.97 Å². The first-order chi connectivity index (χ1) is 11.0. The van der Waals surface area contributed by atoms with Gasteiger partial charge in [0.05, 0.1) is 11.0 Å². The number of nitrogens with one attached hydrogen (secondary N) is 1. The van der Waals surface area contributed by atoms with Crippen molar-refractivity contribution in [3.05, 3.63) is 80.8 Å². The summed E-state index contributed by atoms with van der Waals surface area (Å²) in [7, 11) is 0. The molecule has 23 heavy (non-hydrogen) atoms. The fraction of sp³-hybridized carbons (Fsp3) is 0.200. The number of aryl methyl sites for hydroxylation is 2. The molecule has 0 fully saturated rings. The Morgan fingerprint density at radius 1 is 1.13 bits per heavy atom. The zero-order chi connectivity index (χ0) is 16.4. The van der Waals surface area contributed by atoms with E-state index in [1.165, 1.54) is 5.56 Å². The van der Waals surface area contributed by atoms with Gasteiger partial charge in [-0.05, 0) is 49.6 Å². The summed E-state index contributed by atoms with van der Waals surface area (Å²) in [6, 6.07) is 14.1. The Bertz CT molecular complexity index is 937. The van der Waals surface area contributed by atoms with Crippen LogP contribution in [0.4, 0.5) is 0 Å². The van der Waals surface area contributed by atoms with Crippen molar-refractivity contribution < 1.29 is 0 Å². The van der Waals surface area contributed by atoms with Crippen LogP contribution < -0.4 is 5.56 Å². The Kier molecular flexibility index (Phi) is 4.11. The van der Waals surface area contributed by atoms with E-state index in [-0.39, 0.29) is 5.56 Å². The molecular weight excluding hydrogens is 284 g/mol. The highest BCUT2D eigenvalue weighted by Gasteiger charge is 2.07. The van der Waals surface area contributed by atoms with Gasteiger partial charge in [-0.3, -0.25) is 4.79 Å². The van der Waals surface area contributed by atoms with Crippen molar-refractivity contribution in [1.82, 2.24) is 9.97 Å². The van der Waals surface area contributed by atoms with Crippen molar-refractivity contribution >= 4 is 17.1 Å². The van der Waals surface area contributed by atoms with Gasteiger partial charge in [-0.2, -0.15) is 0 Å². The van der Waals surface area contributed by atoms with Crippen LogP contribution in [0.25, 0.3) is 17.1 Å². The molecule has 0 atom stereocenters. The predicted octanol–water partition coefficient (Wildman–Crippen LogP) is 4.19. The molecule has 0 amide bonds. The van der Waals surface area contributed by atoms with Gasteiger partial charge in [-0.15, -0.1) is 0 Å². The van der Waals surface area contributed by atoms with Gasteiger partial charge in [0, 0.05) is 6.42 Å². The molecule has 0 aliphatic rings. The monoisotopic (exact) mass is 304 g/mol. The molecule has 0 bridgehead atoms. The van der Waals surface area contributed by atoms with Gasteiger partial charge in [0.2, 0.25) is 0 Å². The first-order valence-electron chi connectivity index (χ1n) is 7.75. The summed E-state index contributed by atoms with van der Waals surface area (Å²) < 4.78 is 0. The lowest BCUT2D eigenvalue weighted by Gasteiger charge is -2.06. The molecule has 1 heterocycles. The van der Waals surface area contributed by atoms with Crippen LogP contribution in [0.3, 0.4) is 0 Å². The number of fused-ring (bicyclic) bond motifs is 1. The molecule has 0 saturated heterocycles. The van der Waals surface area contributed by atoms with E-state index >= 15 is 0 Å². The summed E-state index contributed by atoms with van der Waals surface area (Å²) in [5, 5.41) is 0. The van der Waals surface area contributed by atoms with Gasteiger partial charge in [0.25, 0.3) is 5.56 Å². The topological polar surface area (TPSA) is 45.8 Å². The average molecular weight is 304 g/mol. The van der Waals surface area contributed by atoms with Crippen LogP contribution in [0, 0.1) is 13.8 Å². The second-order valence-electron chi connectivity index (χ2n) is 6.04. The van der Waals surface area contributed by atoms with Gasteiger partial charge < -0.3 is 4.98 Å². The number of rotatable bonds is 3. The van der Waals surface area contributed by atoms with Gasteiger partial charge in [0.15, 0.2) is 0 Å². The summed E-state index contributed by atoms with van der Waals surface area (Å²) in [5.74, 6) is 0. The number of aromatic nitrogens is 2. The maximum Gasteiger partial charge on any atom is 0.270 e. The molecule has 0 aliphatic carbocycles. The van der Waals surface area contributed by atoms with E-state index in [9.17, 15) is 4.79 Å². The molecule has 0 spiro atoms. The molecule has 0 unspecified atom stereocenters. The largest absolute Gasteiger partial charge is 0.319 e. The number of H-pyrrole nitrogens is 1. The summed E-state index contributed by atoms with van der Waals surface area (Å²) in [4.78, 5) is 19.8. The maximum atomic E-state index is 12.3. The van der Waals surface area contributed by atoms with E-state index in [4.69, 9.17) is 0 Å². The molecule has 1 N–H and O–H groups in total. The van der Waals surface area contributed by atoms with Gasteiger partial charge in [0.1, 0.15) is 5.69 Å². The van der Waals surface area contributed by atoms with Crippen LogP contribution >= 0.6 is 0 Å². The van der Waals surface area contributed by atoms with Gasteiger partial charge in [-0.1, -0.05) is 42.0 Å². The molecule has 3 heteroatoms. The first-order valence-corrected chi connectivity index (χ1v) is 7.75. The molecule has 3 rings (SSSR count). The van der Waals surface area contributed by atoms with Crippen molar-refractivity contribution in [2.75, 3.05) is 0 Å². The van der Waals surface area contributed by atoms with Gasteiger partial charge in [-0.25, -0.2) is 4.98 Å². The fourth-order valence-electron chi connectivity index (χ4n) is 2.65. The maximum absolute atomic E-state index is 12.3. The Morgan fingerprint density at radius 2 is 1.83 bits per heavy atom. The zero-order valence-corrected chi connectivity index (χ0v) is 13.7. The highest BCUT2D eigenvalue weighted by Crippen LogP contribution is 2.16. The highest BCUT2D eigenvalue weighted by molar-refractivity contribution is 5.76. The molecule has 0 saturated carbocycles. The first kappa shape index (κ1) is 15.2. The van der Waals surface area contributed by atoms with Crippen LogP contribution in [0.2, 0.25) is 0 Å². The van der Waals surface area contributed by atoms with Crippen LogP contribution in [0.1, 0.15) is 29.3 Å². The van der Waals surface area contributed by atoms with Crippen molar-refractivity contribution in [2.24, 2.45) is 0 Å². The lowest BCUT2D eigenvalue weighted by molar-refractivity contribution is 1.01. The molecule has 0 aliphatic heterocycles. The Morgan fingerprint density at radius 3 is 2.57 bits per heavy atom. The van der Waals surface area contributed by atoms with E-state index in [0.717, 1.165) is 27.7 Å². The molecular formula is C20H20N2O. The molecule has 3 aromatic rings. The molecule has 2 aromatic carbocycles. The number of benzene rings is 2. The van der Waals surface area contributed by atoms with Crippen LogP contribution in [-0.2, 0) is 6.42 Å². The Labute approximate surface area is 135 Å². The van der Waals surface area contributed by atoms with E-state index in [0.29, 0.717) is 12.1 Å². The van der Waals surface area contributed by atoms with E-state index < -0.39 is 0 Å². The third-order valence-corrected chi connectivity index (χ3v) is 4.04. The summed E-state index contributed by atoms with van der Waals surface area (Å²) in [6.07, 6.45) is 2.64. The summed E-state index contributed by atoms with van der Waals surface area (Å²) in [5.41, 5.74) is 6.67. The SMILES string of the molecule is C/C(=C\c1ccccc1)Cc1nc2cc(C)c(C)cc2[nH]c1=O. The minimum absolute atomic E-state index is 0.110. The summed E-state index contributed by atoms with van der Waals surface area (Å²) in [6.45, 7) is 6.12. The number of nitrogens with zero attached hydrogens (tertiary/aromatic N) is 1. The predicted molar refractivity (Wildman–Crippen MR) is 95.6 cm³/mol. The highest BCUT2D eigenvalue weighted by atomic mass is 16.1. The molecule has 1 aromatic heterocycles. The average Bonchev–Trinajstić information content (AvgIpc) is 2.51. The zero-order valence-electron chi connectivity index (χ0n) is 13.7. The second kappa shape index (κ2) is 6.21. The van der Waals surface area contributed by atoms with Crippen LogP contribution in [0.5, 0.6) is 0 Å².